The van der Waals surface area contributed by atoms with E-state index in [1.54, 1.807) is 39.5 Å². The van der Waals surface area contributed by atoms with Crippen molar-refractivity contribution < 1.29 is 19.0 Å². The third kappa shape index (κ3) is 4.60. The van der Waals surface area contributed by atoms with E-state index in [4.69, 9.17) is 20.1 Å². The molecule has 0 bridgehead atoms. The number of benzene rings is 2. The Labute approximate surface area is 178 Å². The normalized spacial score (nSPS) is 10.5. The molecule has 30 heavy (non-hydrogen) atoms. The summed E-state index contributed by atoms with van der Waals surface area (Å²) in [4.78, 5) is 12.4. The van der Waals surface area contributed by atoms with Gasteiger partial charge in [0.05, 0.1) is 38.3 Å². The van der Waals surface area contributed by atoms with Gasteiger partial charge in [-0.05, 0) is 36.8 Å². The van der Waals surface area contributed by atoms with E-state index < -0.39 is 0 Å². The zero-order chi connectivity index (χ0) is 21.7. The summed E-state index contributed by atoms with van der Waals surface area (Å²) < 4.78 is 17.2. The molecular formula is C20H23N5O4S. The zero-order valence-corrected chi connectivity index (χ0v) is 17.9. The molecule has 0 saturated heterocycles. The molecule has 0 radical (unpaired) electrons. The van der Waals surface area contributed by atoms with Crippen molar-refractivity contribution in [1.82, 2.24) is 14.9 Å². The number of methoxy groups -OCH3 is 3. The average Bonchev–Trinajstić information content (AvgIpc) is 3.12. The van der Waals surface area contributed by atoms with Crippen LogP contribution in [0.5, 0.6) is 17.2 Å². The number of carbonyl (C=O) groups is 1. The molecule has 3 rings (SSSR count). The molecule has 0 aliphatic carbocycles. The third-order valence-corrected chi connectivity index (χ3v) is 5.22. The van der Waals surface area contributed by atoms with Crippen molar-refractivity contribution >= 4 is 23.4 Å². The molecule has 158 valence electrons. The van der Waals surface area contributed by atoms with Gasteiger partial charge in [0.15, 0.2) is 5.82 Å². The molecule has 0 atom stereocenters. The van der Waals surface area contributed by atoms with Gasteiger partial charge in [-0.2, -0.15) is 0 Å². The number of rotatable bonds is 8. The summed E-state index contributed by atoms with van der Waals surface area (Å²) in [6, 6.07) is 10.9. The number of nitrogens with zero attached hydrogens (tertiary/aromatic N) is 3. The van der Waals surface area contributed by atoms with Gasteiger partial charge in [0.2, 0.25) is 11.1 Å². The molecular weight excluding hydrogens is 406 g/mol. The smallest absolute Gasteiger partial charge is 0.234 e. The fourth-order valence-electron chi connectivity index (χ4n) is 2.78. The largest absolute Gasteiger partial charge is 0.497 e. The number of aryl methyl sites for hydroxylation is 1. The first-order valence-corrected chi connectivity index (χ1v) is 9.95. The van der Waals surface area contributed by atoms with Gasteiger partial charge >= 0.3 is 0 Å². The minimum atomic E-state index is -0.213. The van der Waals surface area contributed by atoms with Crippen molar-refractivity contribution in [3.63, 3.8) is 0 Å². The van der Waals surface area contributed by atoms with Crippen LogP contribution < -0.4 is 25.4 Å². The van der Waals surface area contributed by atoms with E-state index >= 15 is 0 Å². The van der Waals surface area contributed by atoms with Crippen LogP contribution in [0.25, 0.3) is 11.4 Å². The number of thioether (sulfide) groups is 1. The van der Waals surface area contributed by atoms with Crippen molar-refractivity contribution in [3.05, 3.63) is 42.0 Å². The Hall–Kier alpha value is -3.40. The number of hydrogen-bond donors (Lipinski definition) is 2. The van der Waals surface area contributed by atoms with Crippen LogP contribution in [0.15, 0.2) is 41.6 Å². The van der Waals surface area contributed by atoms with Crippen molar-refractivity contribution in [2.75, 3.05) is 38.2 Å². The maximum absolute atomic E-state index is 12.4. The Balaban J connectivity index is 1.72. The maximum atomic E-state index is 12.4. The summed E-state index contributed by atoms with van der Waals surface area (Å²) in [7, 11) is 4.68. The predicted octanol–water partition coefficient (Wildman–Crippen LogP) is 2.72. The fourth-order valence-corrected chi connectivity index (χ4v) is 3.43. The highest BCUT2D eigenvalue weighted by atomic mass is 32.2. The average molecular weight is 430 g/mol. The van der Waals surface area contributed by atoms with E-state index in [1.807, 2.05) is 25.1 Å². The number of ether oxygens (including phenoxy) is 3. The van der Waals surface area contributed by atoms with E-state index in [2.05, 4.69) is 15.5 Å². The highest BCUT2D eigenvalue weighted by Gasteiger charge is 2.18. The Morgan fingerprint density at radius 2 is 1.83 bits per heavy atom. The van der Waals surface area contributed by atoms with Crippen LogP contribution in [0.3, 0.4) is 0 Å². The van der Waals surface area contributed by atoms with E-state index in [9.17, 15) is 4.79 Å². The summed E-state index contributed by atoms with van der Waals surface area (Å²) in [5.74, 6) is 8.26. The third-order valence-electron chi connectivity index (χ3n) is 4.28. The number of nitrogen functional groups attached to an aromatic ring is 1. The second kappa shape index (κ2) is 9.40. The topological polar surface area (TPSA) is 114 Å². The minimum absolute atomic E-state index is 0.103. The molecule has 0 saturated carbocycles. The molecule has 3 aromatic rings. The lowest BCUT2D eigenvalue weighted by Gasteiger charge is -2.11. The molecule has 1 heterocycles. The lowest BCUT2D eigenvalue weighted by Crippen LogP contribution is -2.17. The van der Waals surface area contributed by atoms with Crippen LogP contribution in [-0.4, -0.2) is 47.9 Å². The summed E-state index contributed by atoms with van der Waals surface area (Å²) >= 11 is 1.17. The van der Waals surface area contributed by atoms with Gasteiger partial charge in [-0.25, -0.2) is 4.68 Å². The SMILES string of the molecule is COc1ccc(-c2nnc(SCC(=O)Nc3cc(C)ccc3OC)n2N)c(OC)c1. The van der Waals surface area contributed by atoms with E-state index in [0.29, 0.717) is 39.5 Å². The fraction of sp³-hybridized carbons (Fsp3) is 0.250. The van der Waals surface area contributed by atoms with Crippen molar-refractivity contribution in [2.24, 2.45) is 0 Å². The maximum Gasteiger partial charge on any atom is 0.234 e. The molecule has 2 aromatic carbocycles. The van der Waals surface area contributed by atoms with Gasteiger partial charge < -0.3 is 25.4 Å². The lowest BCUT2D eigenvalue weighted by atomic mass is 10.2. The first-order chi connectivity index (χ1) is 14.5. The van der Waals surface area contributed by atoms with E-state index in [-0.39, 0.29) is 11.7 Å². The van der Waals surface area contributed by atoms with Crippen LogP contribution >= 0.6 is 11.8 Å². The number of carbonyl (C=O) groups excluding carboxylic acids is 1. The van der Waals surface area contributed by atoms with Gasteiger partial charge in [0.1, 0.15) is 17.2 Å². The second-order valence-corrected chi connectivity index (χ2v) is 7.23. The number of nitrogens with two attached hydrogens (primary N) is 1. The van der Waals surface area contributed by atoms with Crippen molar-refractivity contribution in [1.29, 1.82) is 0 Å². The Kier molecular flexibility index (Phi) is 6.68. The lowest BCUT2D eigenvalue weighted by molar-refractivity contribution is -0.113. The van der Waals surface area contributed by atoms with E-state index in [1.165, 1.54) is 16.4 Å². The zero-order valence-electron chi connectivity index (χ0n) is 17.1. The van der Waals surface area contributed by atoms with Crippen molar-refractivity contribution in [3.8, 4) is 28.6 Å². The van der Waals surface area contributed by atoms with Gasteiger partial charge in [-0.3, -0.25) is 4.79 Å². The monoisotopic (exact) mass is 429 g/mol. The quantitative estimate of drug-likeness (QED) is 0.415. The molecule has 3 N–H and O–H groups in total. The molecule has 0 unspecified atom stereocenters. The molecule has 0 spiro atoms. The Morgan fingerprint density at radius 3 is 2.53 bits per heavy atom. The standard InChI is InChI=1S/C20H23N5O4S/c1-12-5-8-16(28-3)15(9-12)22-18(26)11-30-20-24-23-19(25(20)21)14-7-6-13(27-2)10-17(14)29-4/h5-10H,11,21H2,1-4H3,(H,22,26). The molecule has 9 nitrogen and oxygen atoms in total. The molecule has 1 aromatic heterocycles. The second-order valence-electron chi connectivity index (χ2n) is 6.28. The Bertz CT molecular complexity index is 1050. The van der Waals surface area contributed by atoms with Crippen LogP contribution in [0.2, 0.25) is 0 Å². The summed E-state index contributed by atoms with van der Waals surface area (Å²) in [6.45, 7) is 1.94. The first kappa shape index (κ1) is 21.3. The highest BCUT2D eigenvalue weighted by molar-refractivity contribution is 7.99. The number of hydrogen-bond acceptors (Lipinski definition) is 8. The van der Waals surface area contributed by atoms with Crippen LogP contribution in [0.4, 0.5) is 5.69 Å². The van der Waals surface area contributed by atoms with Crippen LogP contribution in [0, 0.1) is 6.92 Å². The van der Waals surface area contributed by atoms with E-state index in [0.717, 1.165) is 5.56 Å². The number of amides is 1. The summed E-state index contributed by atoms with van der Waals surface area (Å²) in [6.07, 6.45) is 0. The van der Waals surface area contributed by atoms with Crippen LogP contribution in [0.1, 0.15) is 5.56 Å². The highest BCUT2D eigenvalue weighted by Crippen LogP contribution is 2.33. The molecule has 10 heteroatoms. The van der Waals surface area contributed by atoms with Gasteiger partial charge in [0, 0.05) is 6.07 Å². The number of anilines is 1. The molecule has 0 fully saturated rings. The summed E-state index contributed by atoms with van der Waals surface area (Å²) in [5.41, 5.74) is 2.29. The number of aromatic nitrogens is 3. The molecule has 1 amide bonds. The van der Waals surface area contributed by atoms with Gasteiger partial charge in [-0.1, -0.05) is 17.8 Å². The van der Waals surface area contributed by atoms with Gasteiger partial charge in [0.25, 0.3) is 0 Å². The van der Waals surface area contributed by atoms with Gasteiger partial charge in [-0.15, -0.1) is 10.2 Å². The Morgan fingerprint density at radius 1 is 1.07 bits per heavy atom. The minimum Gasteiger partial charge on any atom is -0.497 e. The molecule has 0 aliphatic heterocycles. The molecule has 0 aliphatic rings. The summed E-state index contributed by atoms with van der Waals surface area (Å²) in [5, 5.41) is 11.5. The number of nitrogens with one attached hydrogen (secondary N) is 1. The van der Waals surface area contributed by atoms with Crippen molar-refractivity contribution in [2.45, 2.75) is 12.1 Å². The predicted molar refractivity (Wildman–Crippen MR) is 116 cm³/mol. The van der Waals surface area contributed by atoms with Crippen LogP contribution in [-0.2, 0) is 4.79 Å². The first-order valence-electron chi connectivity index (χ1n) is 8.97.